The molecule has 18 nitrogen and oxygen atoms in total. The molecule has 5 aromatic rings. The Balaban J connectivity index is 0.715. The van der Waals surface area contributed by atoms with Crippen LogP contribution in [0.2, 0.25) is 0 Å². The molecule has 5 saturated heterocycles. The van der Waals surface area contributed by atoms with E-state index in [9.17, 15) is 29.1 Å². The molecule has 382 valence electrons. The van der Waals surface area contributed by atoms with Gasteiger partial charge >= 0.3 is 12.1 Å². The number of imide groups is 2. The largest absolute Gasteiger partial charge is 0.508 e. The van der Waals surface area contributed by atoms with E-state index in [2.05, 4.69) is 53.5 Å². The van der Waals surface area contributed by atoms with E-state index in [1.54, 1.807) is 18.2 Å². The second kappa shape index (κ2) is 19.6. The number of ether oxygens (including phenoxy) is 2. The summed E-state index contributed by atoms with van der Waals surface area (Å²) in [5.74, 6) is -1.01. The predicted octanol–water partition coefficient (Wildman–Crippen LogP) is 5.70. The quantitative estimate of drug-likeness (QED) is 0.0368. The first-order valence-corrected chi connectivity index (χ1v) is 25.1. The normalized spacial score (nSPS) is 23.3. The van der Waals surface area contributed by atoms with Crippen molar-refractivity contribution in [3.63, 3.8) is 0 Å². The molecular weight excluding hydrogens is 955 g/mol. The van der Waals surface area contributed by atoms with Crippen molar-refractivity contribution < 1.29 is 47.3 Å². The summed E-state index contributed by atoms with van der Waals surface area (Å²) < 4.78 is 44.6. The van der Waals surface area contributed by atoms with Crippen LogP contribution < -0.4 is 30.9 Å². The summed E-state index contributed by atoms with van der Waals surface area (Å²) in [6, 6.07) is 9.64. The predicted molar refractivity (Wildman–Crippen MR) is 268 cm³/mol. The van der Waals surface area contributed by atoms with Gasteiger partial charge in [-0.1, -0.05) is 30.2 Å². The number of aromatic hydroxyl groups is 1. The minimum atomic E-state index is -1.05. The SMILES string of the molecule is C#Cc1c(F)ccc2cc(O)cc(-c3ncc4c(N5CC6CCC(C5)N6)nc(OCC56CCC(COC(=O)NCCCCCNc7cccc8c7C(=O)N(C7CCC(=O)NC7=O)C8=O)N5CC(=C)C6)nc4c3F)c12. The van der Waals surface area contributed by atoms with Crippen molar-refractivity contribution in [3.05, 3.63) is 89.1 Å². The number of nitrogens with zero attached hydrogens (tertiary/aromatic N) is 6. The number of piperazine rings is 1. The maximum absolute atomic E-state index is 17.2. The molecule has 2 aromatic heterocycles. The summed E-state index contributed by atoms with van der Waals surface area (Å²) in [5, 5.41) is 23.7. The van der Waals surface area contributed by atoms with Crippen molar-refractivity contribution in [2.24, 2.45) is 0 Å². The smallest absolute Gasteiger partial charge is 0.407 e. The summed E-state index contributed by atoms with van der Waals surface area (Å²) in [4.78, 5) is 83.2. The van der Waals surface area contributed by atoms with Gasteiger partial charge in [-0.2, -0.15) is 9.97 Å². The Bertz CT molecular complexity index is 3230. The highest BCUT2D eigenvalue weighted by Gasteiger charge is 2.52. The average Bonchev–Trinajstić information content (AvgIpc) is 4.09. The van der Waals surface area contributed by atoms with E-state index in [4.69, 9.17) is 20.9 Å². The van der Waals surface area contributed by atoms with Crippen molar-refractivity contribution in [1.29, 1.82) is 0 Å². The molecule has 3 aromatic carbocycles. The van der Waals surface area contributed by atoms with Crippen molar-refractivity contribution in [3.8, 4) is 35.4 Å². The molecule has 0 radical (unpaired) electrons. The van der Waals surface area contributed by atoms with E-state index in [1.807, 2.05) is 0 Å². The van der Waals surface area contributed by atoms with Gasteiger partial charge in [0, 0.05) is 80.1 Å². The van der Waals surface area contributed by atoms with E-state index in [-0.39, 0.29) is 94.8 Å². The minimum Gasteiger partial charge on any atom is -0.508 e. The standard InChI is InChI=1S/C54H54F2N10O8/c1-3-35-39(55)13-10-30-20-34(67)21-37(43(30)35)46-45(56)47-38(23-59-46)48(64-25-31-11-12-32(26-64)60-31)63-52(62-47)74-28-54-17-16-33(65(54)24-29(2)22-54)27-73-53(72)58-19-6-4-5-18-57-40-9-7-8-36-44(40)51(71)66(50(36)70)41-14-15-42(68)61-49(41)69/h1,7-10,13,20-21,23,31-33,41,57,60,67H,2,4-6,11-12,14-19,22,24-28H2,(H,58,72)(H,61,68,69). The van der Waals surface area contributed by atoms with Gasteiger partial charge in [-0.15, -0.1) is 6.42 Å². The number of phenols is 1. The number of amides is 5. The van der Waals surface area contributed by atoms with E-state index in [0.717, 1.165) is 36.2 Å². The molecule has 5 fully saturated rings. The maximum atomic E-state index is 17.2. The highest BCUT2D eigenvalue weighted by atomic mass is 19.1. The van der Waals surface area contributed by atoms with Gasteiger partial charge in [0.2, 0.25) is 11.8 Å². The van der Waals surface area contributed by atoms with Gasteiger partial charge in [0.15, 0.2) is 5.82 Å². The Labute approximate surface area is 424 Å². The number of carbonyl (C=O) groups is 5. The van der Waals surface area contributed by atoms with Crippen LogP contribution in [0.4, 0.5) is 25.1 Å². The number of benzene rings is 3. The van der Waals surface area contributed by atoms with Gasteiger partial charge in [0.05, 0.1) is 27.6 Å². The zero-order valence-electron chi connectivity index (χ0n) is 40.5. The Hall–Kier alpha value is -7.76. The molecule has 2 bridgehead atoms. The molecule has 11 rings (SSSR count). The van der Waals surface area contributed by atoms with Crippen LogP contribution >= 0.6 is 0 Å². The van der Waals surface area contributed by atoms with Gasteiger partial charge in [-0.3, -0.25) is 39.3 Å². The summed E-state index contributed by atoms with van der Waals surface area (Å²) >= 11 is 0. The fraction of sp³-hybridized carbons (Fsp3) is 0.407. The zero-order chi connectivity index (χ0) is 51.4. The minimum absolute atomic E-state index is 0.0270. The van der Waals surface area contributed by atoms with Crippen LogP contribution in [-0.2, 0) is 14.3 Å². The van der Waals surface area contributed by atoms with Gasteiger partial charge in [0.25, 0.3) is 11.8 Å². The second-order valence-electron chi connectivity index (χ2n) is 20.2. The number of carbonyl (C=O) groups excluding carboxylic acids is 5. The van der Waals surface area contributed by atoms with E-state index in [1.165, 1.54) is 30.5 Å². The topological polar surface area (TPSA) is 221 Å². The number of terminal acetylenes is 1. The van der Waals surface area contributed by atoms with Gasteiger partial charge in [0.1, 0.15) is 47.9 Å². The van der Waals surface area contributed by atoms with Crippen molar-refractivity contribution >= 4 is 62.9 Å². The second-order valence-corrected chi connectivity index (χ2v) is 20.2. The number of rotatable bonds is 15. The Kier molecular flexibility index (Phi) is 12.8. The number of alkyl carbamates (subject to hydrolysis) is 1. The number of unbranched alkanes of at least 4 members (excludes halogenated alkanes) is 2. The number of hydrogen-bond donors (Lipinski definition) is 5. The number of anilines is 2. The molecule has 6 aliphatic heterocycles. The fourth-order valence-electron chi connectivity index (χ4n) is 11.9. The van der Waals surface area contributed by atoms with Crippen LogP contribution in [0.25, 0.3) is 32.9 Å². The average molecular weight is 1010 g/mol. The van der Waals surface area contributed by atoms with Crippen LogP contribution in [-0.4, -0.2) is 135 Å². The monoisotopic (exact) mass is 1010 g/mol. The number of nitrogens with one attached hydrogen (secondary N) is 4. The lowest BCUT2D eigenvalue weighted by molar-refractivity contribution is -0.136. The molecule has 5 atom stereocenters. The summed E-state index contributed by atoms with van der Waals surface area (Å²) in [7, 11) is 0. The molecule has 20 heteroatoms. The maximum Gasteiger partial charge on any atom is 0.407 e. The molecule has 0 aliphatic carbocycles. The van der Waals surface area contributed by atoms with E-state index in [0.29, 0.717) is 80.7 Å². The number of phenolic OH excluding ortho intramolecular Hbond substituents is 1. The van der Waals surface area contributed by atoms with Crippen molar-refractivity contribution in [1.82, 2.24) is 40.7 Å². The van der Waals surface area contributed by atoms with E-state index >= 15 is 8.78 Å². The van der Waals surface area contributed by atoms with Crippen LogP contribution in [0.3, 0.4) is 0 Å². The number of halogens is 2. The first-order valence-electron chi connectivity index (χ1n) is 25.1. The lowest BCUT2D eigenvalue weighted by Crippen LogP contribution is -2.54. The van der Waals surface area contributed by atoms with E-state index < -0.39 is 52.9 Å². The third-order valence-corrected chi connectivity index (χ3v) is 15.4. The van der Waals surface area contributed by atoms with Crippen LogP contribution in [0.15, 0.2) is 60.8 Å². The lowest BCUT2D eigenvalue weighted by atomic mass is 9.94. The number of piperidine rings is 1. The number of pyridine rings is 1. The Morgan fingerprint density at radius 1 is 0.986 bits per heavy atom. The third-order valence-electron chi connectivity index (χ3n) is 15.4. The van der Waals surface area contributed by atoms with Crippen molar-refractivity contribution in [2.75, 3.05) is 56.2 Å². The number of fused-ring (bicyclic) bond motifs is 6. The lowest BCUT2D eigenvalue weighted by Gasteiger charge is -2.35. The molecular formula is C54H54F2N10O8. The van der Waals surface area contributed by atoms with Crippen LogP contribution in [0.1, 0.15) is 90.5 Å². The first kappa shape index (κ1) is 48.5. The molecule has 0 spiro atoms. The van der Waals surface area contributed by atoms with Crippen LogP contribution in [0.5, 0.6) is 11.8 Å². The zero-order valence-corrected chi connectivity index (χ0v) is 40.5. The van der Waals surface area contributed by atoms with Gasteiger partial charge < -0.3 is 35.4 Å². The summed E-state index contributed by atoms with van der Waals surface area (Å²) in [5.41, 5.74) is 1.21. The van der Waals surface area contributed by atoms with Crippen molar-refractivity contribution in [2.45, 2.75) is 93.9 Å². The number of aromatic nitrogens is 3. The third kappa shape index (κ3) is 8.86. The summed E-state index contributed by atoms with van der Waals surface area (Å²) in [6.07, 6.45) is 13.0. The highest BCUT2D eigenvalue weighted by Crippen LogP contribution is 2.45. The Morgan fingerprint density at radius 3 is 2.59 bits per heavy atom. The molecule has 74 heavy (non-hydrogen) atoms. The van der Waals surface area contributed by atoms with Crippen LogP contribution in [0, 0.1) is 24.0 Å². The molecule has 5 N–H and O–H groups in total. The summed E-state index contributed by atoms with van der Waals surface area (Å²) in [6.45, 7) is 7.34. The Morgan fingerprint density at radius 2 is 1.80 bits per heavy atom. The highest BCUT2D eigenvalue weighted by molar-refractivity contribution is 6.25. The van der Waals surface area contributed by atoms with Gasteiger partial charge in [-0.25, -0.2) is 13.6 Å². The molecule has 6 aliphatic rings. The van der Waals surface area contributed by atoms with Gasteiger partial charge in [-0.05, 0) is 93.5 Å². The molecule has 0 saturated carbocycles. The number of hydrogen-bond acceptors (Lipinski definition) is 15. The first-order chi connectivity index (χ1) is 35.8. The fourth-order valence-corrected chi connectivity index (χ4v) is 11.9. The molecule has 8 heterocycles. The molecule has 5 unspecified atom stereocenters. The molecule has 5 amide bonds.